The summed E-state index contributed by atoms with van der Waals surface area (Å²) in [5.41, 5.74) is 5.39. The minimum atomic E-state index is -1.65. The number of hydrogen-bond donors (Lipinski definition) is 2. The molecule has 4 aliphatic carbocycles. The van der Waals surface area contributed by atoms with Crippen LogP contribution in [0.1, 0.15) is 50.9 Å². The second-order valence-corrected chi connectivity index (χ2v) is 16.9. The Bertz CT molecular complexity index is 2630. The molecule has 0 radical (unpaired) electrons. The zero-order valence-electron chi connectivity index (χ0n) is 35.0. The van der Waals surface area contributed by atoms with Crippen LogP contribution >= 0.6 is 15.9 Å². The maximum Gasteiger partial charge on any atom is 0.330 e. The molecular formula is C53H47BrO10. The summed E-state index contributed by atoms with van der Waals surface area (Å²) < 4.78 is 34.8. The molecule has 2 bridgehead atoms. The molecule has 326 valence electrons. The van der Waals surface area contributed by atoms with Crippen LogP contribution < -0.4 is 9.47 Å². The molecule has 10 nitrogen and oxygen atoms in total. The fourth-order valence-corrected chi connectivity index (χ4v) is 10.1. The molecule has 0 aromatic heterocycles. The molecule has 64 heavy (non-hydrogen) atoms. The van der Waals surface area contributed by atoms with Gasteiger partial charge in [-0.1, -0.05) is 126 Å². The Kier molecular flexibility index (Phi) is 12.3. The van der Waals surface area contributed by atoms with Crippen LogP contribution in [0.25, 0.3) is 11.1 Å². The lowest BCUT2D eigenvalue weighted by atomic mass is 9.54. The van der Waals surface area contributed by atoms with E-state index in [9.17, 15) is 19.8 Å². The molecule has 6 aromatic carbocycles. The van der Waals surface area contributed by atoms with Gasteiger partial charge in [0.25, 0.3) is 0 Å². The quantitative estimate of drug-likeness (QED) is 0.0492. The van der Waals surface area contributed by atoms with E-state index in [4.69, 9.17) is 28.4 Å². The maximum atomic E-state index is 13.6. The number of rotatable bonds is 18. The van der Waals surface area contributed by atoms with Gasteiger partial charge in [0.15, 0.2) is 0 Å². The zero-order chi connectivity index (χ0) is 44.3. The van der Waals surface area contributed by atoms with E-state index >= 15 is 0 Å². The van der Waals surface area contributed by atoms with Crippen LogP contribution in [0.4, 0.5) is 0 Å². The second-order valence-electron chi connectivity index (χ2n) is 16.0. The third-order valence-corrected chi connectivity index (χ3v) is 13.0. The van der Waals surface area contributed by atoms with E-state index in [-0.39, 0.29) is 46.1 Å². The Morgan fingerprint density at radius 1 is 0.578 bits per heavy atom. The predicted octanol–water partition coefficient (Wildman–Crippen LogP) is 8.38. The molecule has 0 heterocycles. The van der Waals surface area contributed by atoms with Crippen molar-refractivity contribution in [2.45, 2.75) is 23.0 Å². The monoisotopic (exact) mass is 922 g/mol. The molecule has 2 N–H and O–H groups in total. The minimum Gasteiger partial charge on any atom is -0.491 e. The topological polar surface area (TPSA) is 130 Å². The lowest BCUT2D eigenvalue weighted by molar-refractivity contribution is -0.168. The first-order valence-corrected chi connectivity index (χ1v) is 22.1. The van der Waals surface area contributed by atoms with Gasteiger partial charge in [-0.2, -0.15) is 0 Å². The highest BCUT2D eigenvalue weighted by molar-refractivity contribution is 9.10. The van der Waals surface area contributed by atoms with Gasteiger partial charge in [0.2, 0.25) is 0 Å². The van der Waals surface area contributed by atoms with E-state index in [1.165, 1.54) is 22.3 Å². The maximum absolute atomic E-state index is 13.6. The van der Waals surface area contributed by atoms with Crippen molar-refractivity contribution >= 4 is 27.9 Å². The summed E-state index contributed by atoms with van der Waals surface area (Å²) in [7, 11) is 0. The summed E-state index contributed by atoms with van der Waals surface area (Å²) in [6.45, 7) is 5.15. The van der Waals surface area contributed by atoms with Crippen LogP contribution in [0.3, 0.4) is 0 Å². The molecule has 0 amide bonds. The van der Waals surface area contributed by atoms with Crippen LogP contribution in [0, 0.1) is 5.92 Å². The van der Waals surface area contributed by atoms with E-state index in [1.807, 2.05) is 36.4 Å². The van der Waals surface area contributed by atoms with Gasteiger partial charge >= 0.3 is 11.9 Å². The molecule has 0 saturated carbocycles. The standard InChI is InChI=1S/C53H47BrO10/c1-2-49(55)63-31-27-59-25-29-61-38-20-15-35(16-21-38)52(42-11-5-3-9-40(42)41-10-4-6-12-43(41)52)36-17-22-39(23-18-36)62-30-26-60-28-32-64-50(56)48-34-51(57)44-13-7-8-14-45(44)53(48,58)46-24-19-37(54)33-47(46)51/h2-24,33,48,57-58H,1,25-32,34H2. The zero-order valence-corrected chi connectivity index (χ0v) is 36.6. The number of carbonyl (C=O) groups is 2. The van der Waals surface area contributed by atoms with Crippen LogP contribution in [-0.2, 0) is 45.2 Å². The first-order chi connectivity index (χ1) is 31.2. The number of halogens is 1. The highest BCUT2D eigenvalue weighted by Gasteiger charge is 2.62. The molecule has 3 atom stereocenters. The van der Waals surface area contributed by atoms with Gasteiger partial charge in [-0.15, -0.1) is 0 Å². The van der Waals surface area contributed by atoms with Crippen LogP contribution in [-0.4, -0.2) is 75.0 Å². The van der Waals surface area contributed by atoms with Crippen molar-refractivity contribution in [3.05, 3.63) is 201 Å². The number of aliphatic hydroxyl groups is 2. The van der Waals surface area contributed by atoms with Gasteiger partial charge in [-0.05, 0) is 92.0 Å². The van der Waals surface area contributed by atoms with Gasteiger partial charge in [-0.25, -0.2) is 4.79 Å². The minimum absolute atomic E-state index is 0.00483. The van der Waals surface area contributed by atoms with Gasteiger partial charge in [0.1, 0.15) is 49.1 Å². The van der Waals surface area contributed by atoms with Crippen molar-refractivity contribution in [1.29, 1.82) is 0 Å². The summed E-state index contributed by atoms with van der Waals surface area (Å²) >= 11 is 3.49. The molecule has 0 spiro atoms. The normalized spacial score (nSPS) is 19.4. The van der Waals surface area contributed by atoms with E-state index in [1.54, 1.807) is 30.3 Å². The SMILES string of the molecule is C=CC(=O)OCCOCCOc1ccc(C2(c3ccc(OCCOCCOC(=O)C4CC5(O)c6ccccc6C4(O)c4ccc(Br)cc45)cc3)c3ccccc3-c3ccccc32)cc1. The van der Waals surface area contributed by atoms with Gasteiger partial charge in [-0.3, -0.25) is 4.79 Å². The number of benzene rings is 6. The Morgan fingerprint density at radius 2 is 1.06 bits per heavy atom. The van der Waals surface area contributed by atoms with Crippen molar-refractivity contribution in [2.75, 3.05) is 52.9 Å². The number of fused-ring (bicyclic) bond motifs is 4. The highest BCUT2D eigenvalue weighted by atomic mass is 79.9. The number of carbonyl (C=O) groups excluding carboxylic acids is 2. The van der Waals surface area contributed by atoms with Gasteiger partial charge < -0.3 is 38.6 Å². The largest absolute Gasteiger partial charge is 0.491 e. The van der Waals surface area contributed by atoms with Crippen molar-refractivity contribution in [2.24, 2.45) is 5.92 Å². The number of esters is 2. The first kappa shape index (κ1) is 43.2. The third-order valence-electron chi connectivity index (χ3n) is 12.5. The molecule has 4 aliphatic rings. The Hall–Kier alpha value is -6.08. The molecule has 0 fully saturated rings. The summed E-state index contributed by atoms with van der Waals surface area (Å²) in [6.07, 6.45) is 1.12. The average Bonchev–Trinajstić information content (AvgIpc) is 3.63. The Morgan fingerprint density at radius 3 is 1.62 bits per heavy atom. The van der Waals surface area contributed by atoms with Gasteiger partial charge in [0, 0.05) is 17.0 Å². The second kappa shape index (κ2) is 18.2. The summed E-state index contributed by atoms with van der Waals surface area (Å²) in [6, 6.07) is 46.0. The summed E-state index contributed by atoms with van der Waals surface area (Å²) in [5, 5.41) is 24.3. The third kappa shape index (κ3) is 7.61. The molecule has 0 saturated heterocycles. The van der Waals surface area contributed by atoms with Gasteiger partial charge in [0.05, 0.1) is 37.8 Å². The van der Waals surface area contributed by atoms with Crippen molar-refractivity contribution in [3.8, 4) is 22.6 Å². The van der Waals surface area contributed by atoms with E-state index in [0.29, 0.717) is 47.0 Å². The molecule has 11 heteroatoms. The lowest BCUT2D eigenvalue weighted by Gasteiger charge is -2.53. The van der Waals surface area contributed by atoms with Crippen LogP contribution in [0.2, 0.25) is 0 Å². The average molecular weight is 924 g/mol. The molecule has 10 rings (SSSR count). The molecule has 0 aliphatic heterocycles. The number of ether oxygens (including phenoxy) is 6. The molecule has 3 unspecified atom stereocenters. The smallest absolute Gasteiger partial charge is 0.330 e. The number of hydrogen-bond acceptors (Lipinski definition) is 10. The summed E-state index contributed by atoms with van der Waals surface area (Å²) in [5.74, 6) is -0.680. The highest BCUT2D eigenvalue weighted by Crippen LogP contribution is 2.60. The van der Waals surface area contributed by atoms with E-state index in [0.717, 1.165) is 21.7 Å². The molecule has 6 aromatic rings. The van der Waals surface area contributed by atoms with Crippen LogP contribution in [0.15, 0.2) is 157 Å². The first-order valence-electron chi connectivity index (χ1n) is 21.3. The lowest BCUT2D eigenvalue weighted by Crippen LogP contribution is -2.57. The van der Waals surface area contributed by atoms with E-state index in [2.05, 4.69) is 95.3 Å². The van der Waals surface area contributed by atoms with Crippen molar-refractivity contribution < 1.29 is 48.2 Å². The fraction of sp³-hybridized carbons (Fsp3) is 0.245. The Labute approximate surface area is 380 Å². The fourth-order valence-electron chi connectivity index (χ4n) is 9.78. The van der Waals surface area contributed by atoms with Crippen LogP contribution in [0.5, 0.6) is 11.5 Å². The summed E-state index contributed by atoms with van der Waals surface area (Å²) in [4.78, 5) is 24.8. The van der Waals surface area contributed by atoms with Crippen molar-refractivity contribution in [1.82, 2.24) is 0 Å². The van der Waals surface area contributed by atoms with Crippen molar-refractivity contribution in [3.63, 3.8) is 0 Å². The van der Waals surface area contributed by atoms with E-state index < -0.39 is 34.5 Å². The molecular weight excluding hydrogens is 876 g/mol. The predicted molar refractivity (Wildman–Crippen MR) is 243 cm³/mol. The Balaban J connectivity index is 0.818.